The molecule has 2 aromatic carbocycles. The van der Waals surface area contributed by atoms with Crippen LogP contribution in [0.15, 0.2) is 55.1 Å². The van der Waals surface area contributed by atoms with E-state index in [2.05, 4.69) is 18.7 Å². The number of halogens is 1. The second kappa shape index (κ2) is 6.23. The fourth-order valence-corrected chi connectivity index (χ4v) is 2.89. The molecule has 2 aromatic rings. The maximum atomic E-state index is 14.0. The van der Waals surface area contributed by atoms with Gasteiger partial charge in [0.2, 0.25) is 0 Å². The van der Waals surface area contributed by atoms with E-state index in [-0.39, 0.29) is 17.8 Å². The van der Waals surface area contributed by atoms with Crippen molar-refractivity contribution in [2.75, 3.05) is 0 Å². The Morgan fingerprint density at radius 1 is 1.10 bits per heavy atom. The summed E-state index contributed by atoms with van der Waals surface area (Å²) in [7, 11) is 0. The molecular weight excluding hydrogens is 263 g/mol. The molecule has 0 bridgehead atoms. The minimum absolute atomic E-state index is 0.126. The third-order valence-electron chi connectivity index (χ3n) is 4.14. The third-order valence-corrected chi connectivity index (χ3v) is 4.14. The van der Waals surface area contributed by atoms with Crippen LogP contribution in [0.3, 0.4) is 0 Å². The first kappa shape index (κ1) is 14.0. The van der Waals surface area contributed by atoms with Crippen LogP contribution < -0.4 is 0 Å². The van der Waals surface area contributed by atoms with Crippen LogP contribution in [0, 0.1) is 5.82 Å². The minimum atomic E-state index is -0.126. The fourth-order valence-electron chi connectivity index (χ4n) is 2.89. The lowest BCUT2D eigenvalue weighted by atomic mass is 9.75. The lowest BCUT2D eigenvalue weighted by Crippen LogP contribution is -2.30. The summed E-state index contributed by atoms with van der Waals surface area (Å²) in [5.74, 6) is 0.124. The third kappa shape index (κ3) is 3.06. The molecule has 2 heteroatoms. The highest BCUT2D eigenvalue weighted by Gasteiger charge is 2.33. The number of hydrogen-bond donors (Lipinski definition) is 0. The van der Waals surface area contributed by atoms with Crippen LogP contribution in [0.25, 0.3) is 6.08 Å². The van der Waals surface area contributed by atoms with Crippen molar-refractivity contribution >= 4 is 6.08 Å². The van der Waals surface area contributed by atoms with Crippen LogP contribution >= 0.6 is 0 Å². The highest BCUT2D eigenvalue weighted by Crippen LogP contribution is 2.41. The van der Waals surface area contributed by atoms with Crippen LogP contribution in [-0.4, -0.2) is 6.10 Å². The Hall–Kier alpha value is -1.93. The van der Waals surface area contributed by atoms with Gasteiger partial charge in [0.25, 0.3) is 0 Å². The second-order valence-corrected chi connectivity index (χ2v) is 5.53. The van der Waals surface area contributed by atoms with Crippen LogP contribution in [-0.2, 0) is 11.3 Å². The first-order valence-electron chi connectivity index (χ1n) is 7.34. The van der Waals surface area contributed by atoms with Gasteiger partial charge in [0.15, 0.2) is 0 Å². The molecule has 3 rings (SSSR count). The Balaban J connectivity index is 1.58. The predicted octanol–water partition coefficient (Wildman–Crippen LogP) is 4.93. The van der Waals surface area contributed by atoms with E-state index < -0.39 is 0 Å². The molecule has 0 unspecified atom stereocenters. The van der Waals surface area contributed by atoms with Crippen molar-refractivity contribution in [2.24, 2.45) is 0 Å². The Bertz CT molecular complexity index is 615. The molecule has 0 atom stereocenters. The Morgan fingerprint density at radius 3 is 2.57 bits per heavy atom. The largest absolute Gasteiger partial charge is 0.373 e. The van der Waals surface area contributed by atoms with Crippen LogP contribution in [0.5, 0.6) is 0 Å². The summed E-state index contributed by atoms with van der Waals surface area (Å²) < 4.78 is 19.9. The van der Waals surface area contributed by atoms with Crippen molar-refractivity contribution in [1.82, 2.24) is 0 Å². The summed E-state index contributed by atoms with van der Waals surface area (Å²) in [4.78, 5) is 0. The van der Waals surface area contributed by atoms with E-state index in [1.807, 2.05) is 24.3 Å². The average Bonchev–Trinajstić information content (AvgIpc) is 2.48. The molecule has 1 aliphatic rings. The summed E-state index contributed by atoms with van der Waals surface area (Å²) in [5, 5.41) is 0. The van der Waals surface area contributed by atoms with Gasteiger partial charge in [-0.05, 0) is 41.5 Å². The monoisotopic (exact) mass is 282 g/mol. The molecule has 0 amide bonds. The van der Waals surface area contributed by atoms with E-state index in [4.69, 9.17) is 4.74 Å². The van der Waals surface area contributed by atoms with Crippen LogP contribution in [0.1, 0.15) is 35.4 Å². The average molecular weight is 282 g/mol. The zero-order valence-electron chi connectivity index (χ0n) is 12.0. The Labute approximate surface area is 125 Å². The second-order valence-electron chi connectivity index (χ2n) is 5.53. The molecule has 0 aromatic heterocycles. The number of rotatable bonds is 5. The quantitative estimate of drug-likeness (QED) is 0.755. The molecule has 1 fully saturated rings. The number of hydrogen-bond acceptors (Lipinski definition) is 1. The zero-order chi connectivity index (χ0) is 14.7. The maximum absolute atomic E-state index is 14.0. The molecule has 1 saturated carbocycles. The van der Waals surface area contributed by atoms with E-state index in [9.17, 15) is 4.39 Å². The summed E-state index contributed by atoms with van der Waals surface area (Å²) >= 11 is 0. The van der Waals surface area contributed by atoms with Crippen molar-refractivity contribution in [3.63, 3.8) is 0 Å². The molecule has 1 nitrogen and oxygen atoms in total. The van der Waals surface area contributed by atoms with Crippen molar-refractivity contribution in [3.8, 4) is 0 Å². The van der Waals surface area contributed by atoms with Gasteiger partial charge in [0.1, 0.15) is 5.82 Å². The molecule has 108 valence electrons. The highest BCUT2D eigenvalue weighted by atomic mass is 19.1. The summed E-state index contributed by atoms with van der Waals surface area (Å²) in [6.45, 7) is 4.40. The van der Waals surface area contributed by atoms with Gasteiger partial charge in [-0.25, -0.2) is 4.39 Å². The van der Waals surface area contributed by atoms with Gasteiger partial charge in [-0.15, -0.1) is 0 Å². The molecule has 0 aliphatic heterocycles. The van der Waals surface area contributed by atoms with E-state index >= 15 is 0 Å². The van der Waals surface area contributed by atoms with Crippen molar-refractivity contribution < 1.29 is 9.13 Å². The Kier molecular flexibility index (Phi) is 4.16. The van der Waals surface area contributed by atoms with Crippen LogP contribution in [0.4, 0.5) is 4.39 Å². The molecule has 21 heavy (non-hydrogen) atoms. The first-order valence-corrected chi connectivity index (χ1v) is 7.34. The zero-order valence-corrected chi connectivity index (χ0v) is 12.0. The molecular formula is C19H19FO. The maximum Gasteiger partial charge on any atom is 0.127 e. The molecule has 0 radical (unpaired) electrons. The molecule has 1 aliphatic carbocycles. The molecule has 0 saturated heterocycles. The fraction of sp³-hybridized carbons (Fsp3) is 0.263. The van der Waals surface area contributed by atoms with Gasteiger partial charge in [-0.3, -0.25) is 0 Å². The molecule has 0 spiro atoms. The number of benzene rings is 2. The van der Waals surface area contributed by atoms with E-state index in [1.54, 1.807) is 12.1 Å². The van der Waals surface area contributed by atoms with Crippen molar-refractivity contribution in [1.29, 1.82) is 0 Å². The molecule has 0 heterocycles. The van der Waals surface area contributed by atoms with Gasteiger partial charge >= 0.3 is 0 Å². The van der Waals surface area contributed by atoms with Crippen molar-refractivity contribution in [3.05, 3.63) is 77.6 Å². The minimum Gasteiger partial charge on any atom is -0.373 e. The van der Waals surface area contributed by atoms with Gasteiger partial charge < -0.3 is 4.74 Å². The van der Waals surface area contributed by atoms with Crippen molar-refractivity contribution in [2.45, 2.75) is 31.5 Å². The van der Waals surface area contributed by atoms with E-state index in [0.29, 0.717) is 6.61 Å². The van der Waals surface area contributed by atoms with Crippen LogP contribution in [0.2, 0.25) is 0 Å². The number of ether oxygens (including phenoxy) is 1. The van der Waals surface area contributed by atoms with Gasteiger partial charge in [-0.1, -0.05) is 55.1 Å². The SMILES string of the molecule is C=Cc1cccc(F)c1C1CC(OCc2ccccc2)C1. The van der Waals surface area contributed by atoms with E-state index in [0.717, 1.165) is 24.0 Å². The smallest absolute Gasteiger partial charge is 0.127 e. The van der Waals surface area contributed by atoms with Gasteiger partial charge in [0, 0.05) is 0 Å². The summed E-state index contributed by atoms with van der Waals surface area (Å²) in [6.07, 6.45) is 3.73. The molecule has 0 N–H and O–H groups in total. The van der Waals surface area contributed by atoms with Gasteiger partial charge in [-0.2, -0.15) is 0 Å². The lowest BCUT2D eigenvalue weighted by Gasteiger charge is -2.36. The Morgan fingerprint density at radius 2 is 1.86 bits per heavy atom. The normalized spacial score (nSPS) is 20.8. The first-order chi connectivity index (χ1) is 10.3. The van der Waals surface area contributed by atoms with Gasteiger partial charge in [0.05, 0.1) is 12.7 Å². The highest BCUT2D eigenvalue weighted by molar-refractivity contribution is 5.54. The predicted molar refractivity (Wildman–Crippen MR) is 83.5 cm³/mol. The topological polar surface area (TPSA) is 9.23 Å². The lowest BCUT2D eigenvalue weighted by molar-refractivity contribution is -0.0213. The standard InChI is InChI=1S/C19H19FO/c1-2-15-9-6-10-18(20)19(15)16-11-17(12-16)21-13-14-7-4-3-5-8-14/h2-10,16-17H,1,11-13H2. The van der Waals surface area contributed by atoms with E-state index in [1.165, 1.54) is 11.6 Å². The summed E-state index contributed by atoms with van der Waals surface area (Å²) in [5.41, 5.74) is 2.88. The summed E-state index contributed by atoms with van der Waals surface area (Å²) in [6, 6.07) is 15.3.